The maximum absolute atomic E-state index is 14.8. The summed E-state index contributed by atoms with van der Waals surface area (Å²) in [5.74, 6) is -0.232. The lowest BCUT2D eigenvalue weighted by molar-refractivity contribution is -0.139. The third-order valence-corrected chi connectivity index (χ3v) is 9.47. The molecule has 4 rings (SSSR count). The van der Waals surface area contributed by atoms with Gasteiger partial charge >= 0.3 is 0 Å². The number of amides is 2. The van der Waals surface area contributed by atoms with Gasteiger partial charge in [0.15, 0.2) is 0 Å². The van der Waals surface area contributed by atoms with Crippen molar-refractivity contribution in [3.63, 3.8) is 0 Å². The number of hydrogen-bond donors (Lipinski definition) is 5. The molecular weight excluding hydrogens is 593 g/mol. The summed E-state index contributed by atoms with van der Waals surface area (Å²) in [6.45, 7) is 4.59. The van der Waals surface area contributed by atoms with Crippen molar-refractivity contribution in [2.75, 3.05) is 66.1 Å². The molecule has 1 aromatic rings. The number of aliphatic hydroxyl groups is 3. The van der Waals surface area contributed by atoms with E-state index in [0.29, 0.717) is 36.9 Å². The Morgan fingerprint density at radius 2 is 1.91 bits per heavy atom. The van der Waals surface area contributed by atoms with Gasteiger partial charge in [0.1, 0.15) is 23.0 Å². The van der Waals surface area contributed by atoms with Crippen LogP contribution in [0, 0.1) is 17.7 Å². The average molecular weight is 640 g/mol. The molecule has 0 radical (unpaired) electrons. The Bertz CT molecular complexity index is 1170. The molecule has 44 heavy (non-hydrogen) atoms. The number of aliphatic hydroxyl groups excluding tert-OH is 2. The van der Waals surface area contributed by atoms with Crippen LogP contribution in [0.1, 0.15) is 44.6 Å². The van der Waals surface area contributed by atoms with Gasteiger partial charge in [0.25, 0.3) is 0 Å². The molecule has 2 amide bonds. The molecule has 5 N–H and O–H groups in total. The topological polar surface area (TPSA) is 138 Å². The minimum atomic E-state index is -1.77. The van der Waals surface area contributed by atoms with Crippen molar-refractivity contribution in [3.8, 4) is 5.75 Å². The second kappa shape index (κ2) is 15.2. The van der Waals surface area contributed by atoms with Crippen LogP contribution in [-0.4, -0.2) is 119 Å². The van der Waals surface area contributed by atoms with E-state index in [1.54, 1.807) is 17.0 Å². The molecule has 0 bridgehead atoms. The van der Waals surface area contributed by atoms with Crippen molar-refractivity contribution in [2.45, 2.75) is 56.8 Å². The fourth-order valence-electron chi connectivity index (χ4n) is 6.00. The highest BCUT2D eigenvalue weighted by Crippen LogP contribution is 2.30. The first-order valence-electron chi connectivity index (χ1n) is 15.4. The van der Waals surface area contributed by atoms with Crippen LogP contribution in [0.15, 0.2) is 29.4 Å². The molecular formula is C31H47ClFN5O6. The number of hydrogen-bond acceptors (Lipinski definition) is 9. The zero-order valence-corrected chi connectivity index (χ0v) is 26.5. The van der Waals surface area contributed by atoms with Crippen LogP contribution in [0.5, 0.6) is 5.75 Å². The molecule has 11 nitrogen and oxygen atoms in total. The Hall–Kier alpha value is -2.48. The Balaban J connectivity index is 1.11. The van der Waals surface area contributed by atoms with Gasteiger partial charge in [-0.3, -0.25) is 19.4 Å². The lowest BCUT2D eigenvalue weighted by Gasteiger charge is -2.51. The van der Waals surface area contributed by atoms with E-state index in [2.05, 4.69) is 34.4 Å². The molecule has 1 atom stereocenters. The van der Waals surface area contributed by atoms with Gasteiger partial charge in [-0.15, -0.1) is 0 Å². The van der Waals surface area contributed by atoms with E-state index in [4.69, 9.17) is 26.6 Å². The number of rotatable bonds is 14. The standard InChI is InChI=1S/C31H47ClFN5O6/c1-30(35-15-25(32)18-36(30)2)38-9-7-22(8-10-38)4-3-11-44-26-6-5-24(27(33)14-26)13-29(42)37-16-23(17-37)12-28(41)34-19-31(43,20-39)21-40/h5-6,14-15,22-23,35,39-40,43H,3-4,7-13,16-21H2,1-2H3,(H,34,41). The summed E-state index contributed by atoms with van der Waals surface area (Å²) < 4.78 is 20.6. The summed E-state index contributed by atoms with van der Waals surface area (Å²) in [6.07, 6.45) is 6.15. The zero-order valence-electron chi connectivity index (χ0n) is 25.7. The molecule has 0 saturated carbocycles. The first-order valence-corrected chi connectivity index (χ1v) is 15.8. The Labute approximate surface area is 264 Å². The van der Waals surface area contributed by atoms with Crippen LogP contribution < -0.4 is 15.4 Å². The van der Waals surface area contributed by atoms with E-state index in [-0.39, 0.29) is 42.9 Å². The quantitative estimate of drug-likeness (QED) is 0.190. The molecule has 0 aromatic heterocycles. The first-order chi connectivity index (χ1) is 20.9. The Morgan fingerprint density at radius 3 is 2.55 bits per heavy atom. The molecule has 3 aliphatic heterocycles. The smallest absolute Gasteiger partial charge is 0.227 e. The average Bonchev–Trinajstić information content (AvgIpc) is 2.99. The van der Waals surface area contributed by atoms with Crippen molar-refractivity contribution in [2.24, 2.45) is 11.8 Å². The van der Waals surface area contributed by atoms with Crippen LogP contribution in [0.2, 0.25) is 0 Å². The zero-order chi connectivity index (χ0) is 31.9. The van der Waals surface area contributed by atoms with Crippen LogP contribution >= 0.6 is 11.6 Å². The summed E-state index contributed by atoms with van der Waals surface area (Å²) in [5, 5.41) is 34.8. The van der Waals surface area contributed by atoms with Crippen molar-refractivity contribution in [1.82, 2.24) is 25.3 Å². The van der Waals surface area contributed by atoms with Crippen molar-refractivity contribution in [3.05, 3.63) is 40.8 Å². The number of halogens is 2. The van der Waals surface area contributed by atoms with Crippen LogP contribution in [0.4, 0.5) is 4.39 Å². The third-order valence-electron chi connectivity index (χ3n) is 9.24. The Kier molecular flexibility index (Phi) is 11.9. The highest BCUT2D eigenvalue weighted by molar-refractivity contribution is 6.29. The molecule has 3 heterocycles. The highest BCUT2D eigenvalue weighted by Gasteiger charge is 2.39. The molecule has 3 aliphatic rings. The molecule has 0 aliphatic carbocycles. The minimum Gasteiger partial charge on any atom is -0.493 e. The highest BCUT2D eigenvalue weighted by atomic mass is 35.5. The predicted molar refractivity (Wildman–Crippen MR) is 164 cm³/mol. The first kappa shape index (κ1) is 34.4. The van der Waals surface area contributed by atoms with Gasteiger partial charge in [0.2, 0.25) is 11.8 Å². The summed E-state index contributed by atoms with van der Waals surface area (Å²) in [4.78, 5) is 31.0. The van der Waals surface area contributed by atoms with Gasteiger partial charge in [-0.1, -0.05) is 17.7 Å². The van der Waals surface area contributed by atoms with Crippen LogP contribution in [-0.2, 0) is 16.0 Å². The second-order valence-electron chi connectivity index (χ2n) is 12.6. The minimum absolute atomic E-state index is 0.0422. The van der Waals surface area contributed by atoms with E-state index in [0.717, 1.165) is 50.3 Å². The van der Waals surface area contributed by atoms with Crippen molar-refractivity contribution >= 4 is 23.4 Å². The third kappa shape index (κ3) is 8.82. The number of benzene rings is 1. The maximum atomic E-state index is 14.8. The number of nitrogens with zero attached hydrogens (tertiary/aromatic N) is 3. The number of likely N-dealkylation sites (tertiary alicyclic amines) is 2. The van der Waals surface area contributed by atoms with Gasteiger partial charge in [-0.2, -0.15) is 0 Å². The normalized spacial score (nSPS) is 22.2. The van der Waals surface area contributed by atoms with Gasteiger partial charge in [-0.25, -0.2) is 4.39 Å². The van der Waals surface area contributed by atoms with Crippen LogP contribution in [0.3, 0.4) is 0 Å². The van der Waals surface area contributed by atoms with E-state index < -0.39 is 24.6 Å². The van der Waals surface area contributed by atoms with Gasteiger partial charge in [-0.05, 0) is 57.2 Å². The molecule has 2 saturated heterocycles. The SMILES string of the molecule is CN1CC(Cl)=CNC1(C)N1CCC(CCCOc2ccc(CC(=O)N3CC(CC(=O)NCC(O)(CO)CO)C3)c(F)c2)CC1. The lowest BCUT2D eigenvalue weighted by Crippen LogP contribution is -2.67. The monoisotopic (exact) mass is 639 g/mol. The van der Waals surface area contributed by atoms with Gasteiger partial charge in [0.05, 0.1) is 32.8 Å². The number of piperidine rings is 1. The summed E-state index contributed by atoms with van der Waals surface area (Å²) in [5.41, 5.74) is -1.47. The molecule has 2 fully saturated rings. The predicted octanol–water partition coefficient (Wildman–Crippen LogP) is 1.21. The van der Waals surface area contributed by atoms with Gasteiger partial charge < -0.3 is 35.6 Å². The number of likely N-dealkylation sites (N-methyl/N-ethyl adjacent to an activating group) is 1. The second-order valence-corrected chi connectivity index (χ2v) is 13.1. The number of ether oxygens (including phenoxy) is 1. The number of nitrogens with one attached hydrogen (secondary N) is 2. The fraction of sp³-hybridized carbons (Fsp3) is 0.677. The molecule has 246 valence electrons. The summed E-state index contributed by atoms with van der Waals surface area (Å²) in [7, 11) is 2.08. The lowest BCUT2D eigenvalue weighted by atomic mass is 9.91. The molecule has 1 aromatic carbocycles. The van der Waals surface area contributed by atoms with E-state index >= 15 is 0 Å². The van der Waals surface area contributed by atoms with Crippen LogP contribution in [0.25, 0.3) is 0 Å². The van der Waals surface area contributed by atoms with E-state index in [1.807, 2.05) is 6.20 Å². The Morgan fingerprint density at radius 1 is 1.20 bits per heavy atom. The van der Waals surface area contributed by atoms with Gasteiger partial charge in [0, 0.05) is 62.4 Å². The molecule has 0 spiro atoms. The van der Waals surface area contributed by atoms with E-state index in [9.17, 15) is 19.1 Å². The number of carbonyl (C=O) groups excluding carboxylic acids is 2. The maximum Gasteiger partial charge on any atom is 0.227 e. The summed E-state index contributed by atoms with van der Waals surface area (Å²) >= 11 is 6.18. The van der Waals surface area contributed by atoms with E-state index in [1.165, 1.54) is 6.07 Å². The summed E-state index contributed by atoms with van der Waals surface area (Å²) in [6, 6.07) is 4.62. The van der Waals surface area contributed by atoms with Crippen molar-refractivity contribution in [1.29, 1.82) is 0 Å². The molecule has 13 heteroatoms. The fourth-order valence-corrected chi connectivity index (χ4v) is 6.23. The molecule has 1 unspecified atom stereocenters. The number of carbonyl (C=O) groups is 2. The largest absolute Gasteiger partial charge is 0.493 e. The van der Waals surface area contributed by atoms with Crippen molar-refractivity contribution < 1.29 is 34.0 Å².